The van der Waals surface area contributed by atoms with Gasteiger partial charge in [0.2, 0.25) is 5.91 Å². The van der Waals surface area contributed by atoms with E-state index in [1.54, 1.807) is 0 Å². The van der Waals surface area contributed by atoms with Crippen molar-refractivity contribution >= 4 is 5.91 Å². The molecule has 0 radical (unpaired) electrons. The Hall–Kier alpha value is -0.610. The molecule has 0 aliphatic rings. The van der Waals surface area contributed by atoms with Crippen molar-refractivity contribution in [3.63, 3.8) is 0 Å². The third kappa shape index (κ3) is 7.34. The Bertz CT molecular complexity index is 219. The van der Waals surface area contributed by atoms with Crippen LogP contribution in [-0.4, -0.2) is 42.5 Å². The number of nitrogens with two attached hydrogens (primary N) is 1. The largest absolute Gasteiger partial charge is 0.368 e. The van der Waals surface area contributed by atoms with Gasteiger partial charge in [0.15, 0.2) is 0 Å². The van der Waals surface area contributed by atoms with E-state index in [1.165, 1.54) is 12.8 Å². The van der Waals surface area contributed by atoms with Crippen LogP contribution in [0.2, 0.25) is 0 Å². The maximum Gasteiger partial charge on any atom is 0.234 e. The third-order valence-electron chi connectivity index (χ3n) is 3.11. The molecule has 2 unspecified atom stereocenters. The Morgan fingerprint density at radius 1 is 1.29 bits per heavy atom. The quantitative estimate of drug-likeness (QED) is 0.642. The van der Waals surface area contributed by atoms with Crippen molar-refractivity contribution in [1.29, 1.82) is 0 Å². The molecule has 0 aromatic rings. The van der Waals surface area contributed by atoms with E-state index in [0.29, 0.717) is 6.04 Å². The summed E-state index contributed by atoms with van der Waals surface area (Å²) in [5.74, 6) is -0.254. The first-order valence-corrected chi connectivity index (χ1v) is 6.64. The molecule has 0 aliphatic heterocycles. The zero-order valence-corrected chi connectivity index (χ0v) is 12.0. The second kappa shape index (κ2) is 8.48. The van der Waals surface area contributed by atoms with Crippen LogP contribution >= 0.6 is 0 Å². The lowest BCUT2D eigenvalue weighted by molar-refractivity contribution is -0.120. The molecule has 4 nitrogen and oxygen atoms in total. The molecular weight excluding hydrogens is 214 g/mol. The highest BCUT2D eigenvalue weighted by Crippen LogP contribution is 2.05. The second-order valence-electron chi connectivity index (χ2n) is 5.18. The highest BCUT2D eigenvalue weighted by molar-refractivity contribution is 5.79. The predicted molar refractivity (Wildman–Crippen MR) is 72.9 cm³/mol. The van der Waals surface area contributed by atoms with Crippen LogP contribution in [0.1, 0.15) is 47.0 Å². The fourth-order valence-electron chi connectivity index (χ4n) is 1.90. The van der Waals surface area contributed by atoms with Gasteiger partial charge in [0.1, 0.15) is 0 Å². The molecule has 0 rings (SSSR count). The van der Waals surface area contributed by atoms with E-state index in [-0.39, 0.29) is 18.0 Å². The van der Waals surface area contributed by atoms with E-state index in [0.717, 1.165) is 13.0 Å². The van der Waals surface area contributed by atoms with Crippen LogP contribution in [0, 0.1) is 0 Å². The number of hydrogen-bond acceptors (Lipinski definition) is 3. The molecule has 0 bridgehead atoms. The maximum absolute atomic E-state index is 11.3. The summed E-state index contributed by atoms with van der Waals surface area (Å²) in [5.41, 5.74) is 5.39. The van der Waals surface area contributed by atoms with Crippen LogP contribution < -0.4 is 11.1 Å². The summed E-state index contributed by atoms with van der Waals surface area (Å²) in [7, 11) is 2.10. The molecule has 0 saturated heterocycles. The molecule has 0 aromatic heterocycles. The molecule has 4 heteroatoms. The molecule has 102 valence electrons. The normalized spacial score (nSPS) is 15.2. The Morgan fingerprint density at radius 2 is 1.88 bits per heavy atom. The Morgan fingerprint density at radius 3 is 2.29 bits per heavy atom. The van der Waals surface area contributed by atoms with Gasteiger partial charge >= 0.3 is 0 Å². The van der Waals surface area contributed by atoms with Gasteiger partial charge in [-0.3, -0.25) is 4.79 Å². The van der Waals surface area contributed by atoms with E-state index in [2.05, 4.69) is 31.1 Å². The molecule has 3 N–H and O–H groups in total. The topological polar surface area (TPSA) is 58.4 Å². The Labute approximate surface area is 106 Å². The van der Waals surface area contributed by atoms with Gasteiger partial charge in [0.05, 0.1) is 6.04 Å². The van der Waals surface area contributed by atoms with Crippen molar-refractivity contribution in [2.24, 2.45) is 5.73 Å². The molecule has 0 spiro atoms. The lowest BCUT2D eigenvalue weighted by Crippen LogP contribution is -2.46. The van der Waals surface area contributed by atoms with Gasteiger partial charge in [-0.05, 0) is 26.8 Å². The van der Waals surface area contributed by atoms with Gasteiger partial charge in [-0.15, -0.1) is 0 Å². The van der Waals surface area contributed by atoms with Crippen LogP contribution in [0.4, 0.5) is 0 Å². The lowest BCUT2D eigenvalue weighted by atomic mass is 10.1. The van der Waals surface area contributed by atoms with Crippen LogP contribution in [0.3, 0.4) is 0 Å². The number of amides is 1. The minimum absolute atomic E-state index is 0.216. The Balaban J connectivity index is 4.07. The molecule has 1 amide bonds. The molecule has 0 aromatic carbocycles. The highest BCUT2D eigenvalue weighted by Gasteiger charge is 2.17. The average Bonchev–Trinajstić information content (AvgIpc) is 2.23. The summed E-state index contributed by atoms with van der Waals surface area (Å²) in [4.78, 5) is 13.6. The molecule has 0 saturated carbocycles. The highest BCUT2D eigenvalue weighted by atomic mass is 16.1. The summed E-state index contributed by atoms with van der Waals surface area (Å²) in [6.45, 7) is 9.36. The number of carbonyl (C=O) groups is 1. The second-order valence-corrected chi connectivity index (χ2v) is 5.18. The molecule has 0 aliphatic carbocycles. The predicted octanol–water partition coefficient (Wildman–Crippen LogP) is 1.35. The van der Waals surface area contributed by atoms with E-state index >= 15 is 0 Å². The van der Waals surface area contributed by atoms with Crippen molar-refractivity contribution in [2.45, 2.75) is 65.1 Å². The van der Waals surface area contributed by atoms with Crippen LogP contribution in [0.15, 0.2) is 0 Å². The van der Waals surface area contributed by atoms with Crippen LogP contribution in [0.5, 0.6) is 0 Å². The third-order valence-corrected chi connectivity index (χ3v) is 3.11. The van der Waals surface area contributed by atoms with Crippen molar-refractivity contribution in [1.82, 2.24) is 10.2 Å². The minimum atomic E-state index is -0.254. The number of hydrogen-bond donors (Lipinski definition) is 2. The van der Waals surface area contributed by atoms with Crippen molar-refractivity contribution < 1.29 is 4.79 Å². The summed E-state index contributed by atoms with van der Waals surface area (Å²) in [6, 6.07) is 0.629. The van der Waals surface area contributed by atoms with Gasteiger partial charge < -0.3 is 16.0 Å². The number of nitrogens with zero attached hydrogens (tertiary/aromatic N) is 1. The van der Waals surface area contributed by atoms with E-state index in [1.807, 2.05) is 13.8 Å². The number of nitrogens with one attached hydrogen (secondary N) is 1. The molecule has 2 atom stereocenters. The summed E-state index contributed by atoms with van der Waals surface area (Å²) in [5, 5.41) is 3.20. The summed E-state index contributed by atoms with van der Waals surface area (Å²) >= 11 is 0. The van der Waals surface area contributed by atoms with Crippen molar-refractivity contribution in [3.05, 3.63) is 0 Å². The summed E-state index contributed by atoms with van der Waals surface area (Å²) < 4.78 is 0. The lowest BCUT2D eigenvalue weighted by Gasteiger charge is -2.26. The van der Waals surface area contributed by atoms with Crippen LogP contribution in [0.25, 0.3) is 0 Å². The molecular formula is C13H29N3O. The van der Waals surface area contributed by atoms with E-state index < -0.39 is 0 Å². The molecule has 17 heavy (non-hydrogen) atoms. The van der Waals surface area contributed by atoms with Gasteiger partial charge in [0, 0.05) is 18.6 Å². The van der Waals surface area contributed by atoms with E-state index in [9.17, 15) is 4.79 Å². The van der Waals surface area contributed by atoms with E-state index in [4.69, 9.17) is 5.73 Å². The van der Waals surface area contributed by atoms with Crippen molar-refractivity contribution in [2.75, 3.05) is 13.6 Å². The van der Waals surface area contributed by atoms with Gasteiger partial charge in [0.25, 0.3) is 0 Å². The zero-order chi connectivity index (χ0) is 13.4. The molecule has 0 fully saturated rings. The maximum atomic E-state index is 11.3. The molecule has 0 heterocycles. The van der Waals surface area contributed by atoms with Gasteiger partial charge in [-0.2, -0.15) is 0 Å². The fourth-order valence-corrected chi connectivity index (χ4v) is 1.90. The first-order valence-electron chi connectivity index (χ1n) is 6.64. The number of primary amides is 1. The number of rotatable bonds is 9. The summed E-state index contributed by atoms with van der Waals surface area (Å²) in [6.07, 6.45) is 3.16. The standard InChI is InChI=1S/C13H29N3O/c1-6-7-11(4)16(5)9-8-12(13(14)17)15-10(2)3/h10-12,15H,6-9H2,1-5H3,(H2,14,17). The first-order chi connectivity index (χ1) is 7.88. The SMILES string of the molecule is CCCC(C)N(C)CCC(NC(C)C)C(N)=O. The fraction of sp³-hybridized carbons (Fsp3) is 0.923. The van der Waals surface area contributed by atoms with Crippen LogP contribution in [-0.2, 0) is 4.79 Å². The minimum Gasteiger partial charge on any atom is -0.368 e. The average molecular weight is 243 g/mol. The Kier molecular flexibility index (Phi) is 8.17. The number of carbonyl (C=O) groups excluding carboxylic acids is 1. The van der Waals surface area contributed by atoms with Gasteiger partial charge in [-0.1, -0.05) is 27.2 Å². The van der Waals surface area contributed by atoms with Crippen molar-refractivity contribution in [3.8, 4) is 0 Å². The first kappa shape index (κ1) is 16.4. The monoisotopic (exact) mass is 243 g/mol. The zero-order valence-electron chi connectivity index (χ0n) is 12.0. The smallest absolute Gasteiger partial charge is 0.234 e. The van der Waals surface area contributed by atoms with Gasteiger partial charge in [-0.25, -0.2) is 0 Å².